The number of aryl methyl sites for hydroxylation is 4. The topological polar surface area (TPSA) is 60.1 Å². The summed E-state index contributed by atoms with van der Waals surface area (Å²) in [7, 11) is 0. The molecule has 0 saturated carbocycles. The fraction of sp³-hybridized carbons (Fsp3) is 0.300. The Balaban J connectivity index is 1.80. The third kappa shape index (κ3) is 3.65. The minimum atomic E-state index is -0.181. The number of carbonyl (C=O) groups excluding carboxylic acids is 1. The smallest absolute Gasteiger partial charge is 0.251 e. The van der Waals surface area contributed by atoms with Crippen LogP contribution in [-0.2, 0) is 0 Å². The predicted octanol–water partition coefficient (Wildman–Crippen LogP) is 3.73. The summed E-state index contributed by atoms with van der Waals surface area (Å²) >= 11 is 0. The van der Waals surface area contributed by atoms with Crippen molar-refractivity contribution in [3.63, 3.8) is 0 Å². The van der Waals surface area contributed by atoms with Crippen molar-refractivity contribution >= 4 is 5.91 Å². The summed E-state index contributed by atoms with van der Waals surface area (Å²) in [4.78, 5) is 12.5. The highest BCUT2D eigenvalue weighted by molar-refractivity contribution is 5.94. The van der Waals surface area contributed by atoms with E-state index in [1.807, 2.05) is 68.8 Å². The molecule has 0 aliphatic rings. The van der Waals surface area contributed by atoms with Gasteiger partial charge >= 0.3 is 0 Å². The summed E-state index contributed by atoms with van der Waals surface area (Å²) in [6.45, 7) is 8.40. The molecule has 3 aromatic rings. The number of nitrogens with zero attached hydrogens (tertiary/aromatic N) is 2. The molecule has 1 amide bonds. The van der Waals surface area contributed by atoms with Crippen LogP contribution < -0.4 is 5.32 Å². The molecule has 5 heteroatoms. The lowest BCUT2D eigenvalue weighted by molar-refractivity contribution is 0.0948. The first-order valence-corrected chi connectivity index (χ1v) is 8.37. The zero-order valence-electron chi connectivity index (χ0n) is 15.0. The van der Waals surface area contributed by atoms with Crippen LogP contribution in [0.4, 0.5) is 0 Å². The largest absolute Gasteiger partial charge is 0.467 e. The number of aromatic nitrogens is 2. The Labute approximate surface area is 147 Å². The van der Waals surface area contributed by atoms with Crippen molar-refractivity contribution in [1.82, 2.24) is 15.1 Å². The Morgan fingerprint density at radius 2 is 1.96 bits per heavy atom. The lowest BCUT2D eigenvalue weighted by Crippen LogP contribution is -2.32. The van der Waals surface area contributed by atoms with Crippen LogP contribution >= 0.6 is 0 Å². The van der Waals surface area contributed by atoms with Crippen LogP contribution in [0.2, 0.25) is 0 Å². The van der Waals surface area contributed by atoms with E-state index in [2.05, 4.69) is 10.4 Å². The van der Waals surface area contributed by atoms with Gasteiger partial charge in [0.05, 0.1) is 12.0 Å². The number of furan rings is 1. The third-order valence-electron chi connectivity index (χ3n) is 4.44. The molecule has 0 spiro atoms. The molecule has 130 valence electrons. The van der Waals surface area contributed by atoms with Gasteiger partial charge in [-0.1, -0.05) is 6.07 Å². The van der Waals surface area contributed by atoms with E-state index in [9.17, 15) is 4.79 Å². The van der Waals surface area contributed by atoms with Gasteiger partial charge in [0.1, 0.15) is 11.8 Å². The molecule has 1 aromatic carbocycles. The monoisotopic (exact) mass is 337 g/mol. The van der Waals surface area contributed by atoms with Gasteiger partial charge in [-0.15, -0.1) is 0 Å². The average Bonchev–Trinajstić information content (AvgIpc) is 3.20. The molecule has 0 radical (unpaired) electrons. The molecule has 1 N–H and O–H groups in total. The summed E-state index contributed by atoms with van der Waals surface area (Å²) in [5.74, 6) is 0.674. The van der Waals surface area contributed by atoms with E-state index in [1.165, 1.54) is 5.56 Å². The molecule has 25 heavy (non-hydrogen) atoms. The van der Waals surface area contributed by atoms with Gasteiger partial charge in [0, 0.05) is 17.8 Å². The molecule has 3 rings (SSSR count). The van der Waals surface area contributed by atoms with Crippen molar-refractivity contribution in [2.75, 3.05) is 6.54 Å². The maximum atomic E-state index is 12.5. The van der Waals surface area contributed by atoms with Crippen LogP contribution in [0.5, 0.6) is 0 Å². The summed E-state index contributed by atoms with van der Waals surface area (Å²) < 4.78 is 7.47. The molecule has 0 aliphatic carbocycles. The van der Waals surface area contributed by atoms with E-state index >= 15 is 0 Å². The first kappa shape index (κ1) is 17.0. The van der Waals surface area contributed by atoms with Gasteiger partial charge in [-0.3, -0.25) is 9.48 Å². The second-order valence-electron chi connectivity index (χ2n) is 6.41. The SMILES string of the molecule is Cc1cc(C)n(C(CNC(=O)c2ccc(C)c(C)c2)c2ccco2)n1. The number of benzene rings is 1. The second-order valence-corrected chi connectivity index (χ2v) is 6.41. The fourth-order valence-corrected chi connectivity index (χ4v) is 2.92. The first-order valence-electron chi connectivity index (χ1n) is 8.37. The van der Waals surface area contributed by atoms with Crippen LogP contribution in [0.1, 0.15) is 44.7 Å². The minimum absolute atomic E-state index is 0.0961. The zero-order chi connectivity index (χ0) is 18.0. The van der Waals surface area contributed by atoms with Crippen molar-refractivity contribution in [1.29, 1.82) is 0 Å². The molecule has 0 aliphatic heterocycles. The summed E-state index contributed by atoms with van der Waals surface area (Å²) in [6, 6.07) is 11.3. The van der Waals surface area contributed by atoms with E-state index in [1.54, 1.807) is 6.26 Å². The Hall–Kier alpha value is -2.82. The van der Waals surface area contributed by atoms with E-state index in [4.69, 9.17) is 4.42 Å². The number of nitrogens with one attached hydrogen (secondary N) is 1. The number of hydrogen-bond acceptors (Lipinski definition) is 3. The van der Waals surface area contributed by atoms with Gasteiger partial charge in [0.25, 0.3) is 5.91 Å². The van der Waals surface area contributed by atoms with Crippen LogP contribution in [0.15, 0.2) is 47.1 Å². The summed E-state index contributed by atoms with van der Waals surface area (Å²) in [6.07, 6.45) is 1.64. The van der Waals surface area contributed by atoms with Crippen LogP contribution in [0.3, 0.4) is 0 Å². The summed E-state index contributed by atoms with van der Waals surface area (Å²) in [5.41, 5.74) is 4.91. The molecular weight excluding hydrogens is 314 g/mol. The molecule has 0 bridgehead atoms. The van der Waals surface area contributed by atoms with Gasteiger partial charge in [0.2, 0.25) is 0 Å². The molecule has 1 atom stereocenters. The molecule has 0 fully saturated rings. The maximum absolute atomic E-state index is 12.5. The molecule has 5 nitrogen and oxygen atoms in total. The Morgan fingerprint density at radius 3 is 2.56 bits per heavy atom. The van der Waals surface area contributed by atoms with E-state index < -0.39 is 0 Å². The molecule has 2 heterocycles. The zero-order valence-corrected chi connectivity index (χ0v) is 15.0. The number of amides is 1. The van der Waals surface area contributed by atoms with Gasteiger partial charge in [0.15, 0.2) is 0 Å². The highest BCUT2D eigenvalue weighted by Crippen LogP contribution is 2.20. The van der Waals surface area contributed by atoms with Crippen molar-refractivity contribution < 1.29 is 9.21 Å². The normalized spacial score (nSPS) is 12.2. The predicted molar refractivity (Wildman–Crippen MR) is 96.8 cm³/mol. The molecular formula is C20H23N3O2. The Morgan fingerprint density at radius 1 is 1.16 bits per heavy atom. The molecule has 0 saturated heterocycles. The summed E-state index contributed by atoms with van der Waals surface area (Å²) in [5, 5.41) is 7.56. The van der Waals surface area contributed by atoms with E-state index in [0.717, 1.165) is 22.7 Å². The van der Waals surface area contributed by atoms with Gasteiger partial charge in [-0.2, -0.15) is 5.10 Å². The highest BCUT2D eigenvalue weighted by Gasteiger charge is 2.21. The van der Waals surface area contributed by atoms with Crippen LogP contribution in [0.25, 0.3) is 0 Å². The fourth-order valence-electron chi connectivity index (χ4n) is 2.92. The minimum Gasteiger partial charge on any atom is -0.467 e. The number of carbonyl (C=O) groups is 1. The second kappa shape index (κ2) is 6.97. The maximum Gasteiger partial charge on any atom is 0.251 e. The quantitative estimate of drug-likeness (QED) is 0.772. The van der Waals surface area contributed by atoms with Crippen LogP contribution in [0, 0.1) is 27.7 Å². The van der Waals surface area contributed by atoms with Crippen molar-refractivity contribution in [3.05, 3.63) is 76.5 Å². The molecule has 1 unspecified atom stereocenters. The first-order chi connectivity index (χ1) is 12.0. The van der Waals surface area contributed by atoms with Crippen molar-refractivity contribution in [2.45, 2.75) is 33.7 Å². The third-order valence-corrected chi connectivity index (χ3v) is 4.44. The number of hydrogen-bond donors (Lipinski definition) is 1. The lowest BCUT2D eigenvalue weighted by Gasteiger charge is -2.18. The number of rotatable bonds is 5. The van der Waals surface area contributed by atoms with Gasteiger partial charge in [-0.25, -0.2) is 0 Å². The standard InChI is InChI=1S/C20H23N3O2/c1-13-7-8-17(10-14(13)2)20(24)21-12-18(19-6-5-9-25-19)23-16(4)11-15(3)22-23/h5-11,18H,12H2,1-4H3,(H,21,24). The molecule has 2 aromatic heterocycles. The Kier molecular flexibility index (Phi) is 4.74. The average molecular weight is 337 g/mol. The van der Waals surface area contributed by atoms with Gasteiger partial charge in [-0.05, 0) is 69.2 Å². The van der Waals surface area contributed by atoms with Crippen LogP contribution in [-0.4, -0.2) is 22.2 Å². The van der Waals surface area contributed by atoms with E-state index in [-0.39, 0.29) is 11.9 Å². The van der Waals surface area contributed by atoms with E-state index in [0.29, 0.717) is 12.1 Å². The Bertz CT molecular complexity index is 878. The lowest BCUT2D eigenvalue weighted by atomic mass is 10.1. The highest BCUT2D eigenvalue weighted by atomic mass is 16.3. The van der Waals surface area contributed by atoms with Crippen molar-refractivity contribution in [3.8, 4) is 0 Å². The van der Waals surface area contributed by atoms with Crippen molar-refractivity contribution in [2.24, 2.45) is 0 Å². The van der Waals surface area contributed by atoms with Gasteiger partial charge < -0.3 is 9.73 Å².